The number of piperidine rings is 1. The molecule has 0 saturated carbocycles. The SMILES string of the molecule is CC1CCCCN1C(=O)CNC(=O)c1ccc(C(C)(C)C)cc1. The molecule has 0 aliphatic carbocycles. The maximum atomic E-state index is 12.2. The van der Waals surface area contributed by atoms with E-state index in [-0.39, 0.29) is 29.8 Å². The molecule has 1 heterocycles. The van der Waals surface area contributed by atoms with Gasteiger partial charge < -0.3 is 10.2 Å². The molecule has 1 unspecified atom stereocenters. The van der Waals surface area contributed by atoms with Gasteiger partial charge in [0.1, 0.15) is 0 Å². The fraction of sp³-hybridized carbons (Fsp3) is 0.579. The summed E-state index contributed by atoms with van der Waals surface area (Å²) in [5.41, 5.74) is 1.85. The molecule has 1 atom stereocenters. The van der Waals surface area contributed by atoms with Crippen LogP contribution in [0.3, 0.4) is 0 Å². The van der Waals surface area contributed by atoms with Crippen LogP contribution in [-0.2, 0) is 10.2 Å². The van der Waals surface area contributed by atoms with Crippen LogP contribution >= 0.6 is 0 Å². The molecule has 0 aromatic heterocycles. The molecule has 1 aliphatic rings. The Kier molecular flexibility index (Phi) is 5.45. The second-order valence-electron chi connectivity index (χ2n) is 7.44. The molecule has 1 aromatic carbocycles. The molecule has 2 amide bonds. The standard InChI is InChI=1S/C19H28N2O2/c1-14-7-5-6-12-21(14)17(22)13-20-18(23)15-8-10-16(11-9-15)19(2,3)4/h8-11,14H,5-7,12-13H2,1-4H3,(H,20,23). The van der Waals surface area contributed by atoms with Gasteiger partial charge in [0.25, 0.3) is 5.91 Å². The van der Waals surface area contributed by atoms with Gasteiger partial charge in [-0.2, -0.15) is 0 Å². The minimum atomic E-state index is -0.191. The zero-order valence-corrected chi connectivity index (χ0v) is 14.7. The van der Waals surface area contributed by atoms with Crippen molar-refractivity contribution in [3.63, 3.8) is 0 Å². The summed E-state index contributed by atoms with van der Waals surface area (Å²) >= 11 is 0. The summed E-state index contributed by atoms with van der Waals surface area (Å²) in [4.78, 5) is 26.3. The second kappa shape index (κ2) is 7.16. The number of hydrogen-bond donors (Lipinski definition) is 1. The third-order valence-electron chi connectivity index (χ3n) is 4.54. The summed E-state index contributed by atoms with van der Waals surface area (Å²) in [7, 11) is 0. The van der Waals surface area contributed by atoms with E-state index in [1.165, 1.54) is 12.0 Å². The molecular weight excluding hydrogens is 288 g/mol. The Balaban J connectivity index is 1.90. The lowest BCUT2D eigenvalue weighted by molar-refractivity contribution is -0.133. The molecular formula is C19H28N2O2. The molecule has 1 aromatic rings. The van der Waals surface area contributed by atoms with Gasteiger partial charge in [0.05, 0.1) is 6.54 Å². The number of amides is 2. The summed E-state index contributed by atoms with van der Waals surface area (Å²) in [6.45, 7) is 9.37. The van der Waals surface area contributed by atoms with E-state index in [1.54, 1.807) is 0 Å². The van der Waals surface area contributed by atoms with Crippen molar-refractivity contribution in [3.05, 3.63) is 35.4 Å². The predicted octanol–water partition coefficient (Wildman–Crippen LogP) is 3.11. The fourth-order valence-electron chi connectivity index (χ4n) is 2.95. The molecule has 0 spiro atoms. The monoisotopic (exact) mass is 316 g/mol. The molecule has 23 heavy (non-hydrogen) atoms. The van der Waals surface area contributed by atoms with Crippen LogP contribution in [0.25, 0.3) is 0 Å². The maximum Gasteiger partial charge on any atom is 0.251 e. The van der Waals surface area contributed by atoms with Gasteiger partial charge in [-0.05, 0) is 49.3 Å². The van der Waals surface area contributed by atoms with Gasteiger partial charge in [0.15, 0.2) is 0 Å². The smallest absolute Gasteiger partial charge is 0.251 e. The molecule has 1 N–H and O–H groups in total. The number of carbonyl (C=O) groups is 2. The normalized spacial score (nSPS) is 18.6. The molecule has 0 radical (unpaired) electrons. The van der Waals surface area contributed by atoms with E-state index in [4.69, 9.17) is 0 Å². The molecule has 1 fully saturated rings. The van der Waals surface area contributed by atoms with Gasteiger partial charge in [-0.3, -0.25) is 9.59 Å². The number of benzene rings is 1. The second-order valence-corrected chi connectivity index (χ2v) is 7.44. The highest BCUT2D eigenvalue weighted by Gasteiger charge is 2.23. The van der Waals surface area contributed by atoms with Gasteiger partial charge in [-0.15, -0.1) is 0 Å². The quantitative estimate of drug-likeness (QED) is 0.931. The third kappa shape index (κ3) is 4.57. The lowest BCUT2D eigenvalue weighted by Crippen LogP contribution is -2.46. The van der Waals surface area contributed by atoms with Crippen molar-refractivity contribution in [3.8, 4) is 0 Å². The number of carbonyl (C=O) groups excluding carboxylic acids is 2. The van der Waals surface area contributed by atoms with E-state index in [0.717, 1.165) is 19.4 Å². The first kappa shape index (κ1) is 17.5. The van der Waals surface area contributed by atoms with Crippen molar-refractivity contribution in [1.29, 1.82) is 0 Å². The highest BCUT2D eigenvalue weighted by atomic mass is 16.2. The van der Waals surface area contributed by atoms with Crippen molar-refractivity contribution < 1.29 is 9.59 Å². The Morgan fingerprint density at radius 3 is 2.39 bits per heavy atom. The lowest BCUT2D eigenvalue weighted by atomic mass is 9.87. The van der Waals surface area contributed by atoms with Crippen molar-refractivity contribution in [2.24, 2.45) is 0 Å². The predicted molar refractivity (Wildman–Crippen MR) is 92.5 cm³/mol. The van der Waals surface area contributed by atoms with Crippen LogP contribution in [0.1, 0.15) is 62.9 Å². The molecule has 2 rings (SSSR count). The Morgan fingerprint density at radius 1 is 1.17 bits per heavy atom. The van der Waals surface area contributed by atoms with E-state index in [0.29, 0.717) is 5.56 Å². The summed E-state index contributed by atoms with van der Waals surface area (Å²) in [5, 5.41) is 2.74. The summed E-state index contributed by atoms with van der Waals surface area (Å²) in [5.74, 6) is -0.180. The van der Waals surface area contributed by atoms with Crippen LogP contribution < -0.4 is 5.32 Å². The first-order valence-corrected chi connectivity index (χ1v) is 8.47. The average molecular weight is 316 g/mol. The van der Waals surface area contributed by atoms with Crippen LogP contribution in [0.5, 0.6) is 0 Å². The zero-order chi connectivity index (χ0) is 17.0. The van der Waals surface area contributed by atoms with Gasteiger partial charge in [-0.25, -0.2) is 0 Å². The van der Waals surface area contributed by atoms with Gasteiger partial charge in [0.2, 0.25) is 5.91 Å². The highest BCUT2D eigenvalue weighted by molar-refractivity contribution is 5.96. The number of hydrogen-bond acceptors (Lipinski definition) is 2. The Bertz CT molecular complexity index is 558. The van der Waals surface area contributed by atoms with E-state index in [1.807, 2.05) is 29.2 Å². The van der Waals surface area contributed by atoms with E-state index >= 15 is 0 Å². The summed E-state index contributed by atoms with van der Waals surface area (Å²) < 4.78 is 0. The highest BCUT2D eigenvalue weighted by Crippen LogP contribution is 2.22. The topological polar surface area (TPSA) is 49.4 Å². The Labute approximate surface area is 139 Å². The summed E-state index contributed by atoms with van der Waals surface area (Å²) in [6.07, 6.45) is 3.28. The molecule has 4 nitrogen and oxygen atoms in total. The number of rotatable bonds is 3. The summed E-state index contributed by atoms with van der Waals surface area (Å²) in [6, 6.07) is 7.87. The van der Waals surface area contributed by atoms with Crippen molar-refractivity contribution in [2.45, 2.75) is 58.4 Å². The van der Waals surface area contributed by atoms with Crippen LogP contribution in [0.4, 0.5) is 0 Å². The first-order chi connectivity index (χ1) is 10.8. The first-order valence-electron chi connectivity index (χ1n) is 8.47. The van der Waals surface area contributed by atoms with E-state index < -0.39 is 0 Å². The zero-order valence-electron chi connectivity index (χ0n) is 14.7. The number of nitrogens with one attached hydrogen (secondary N) is 1. The molecule has 1 saturated heterocycles. The van der Waals surface area contributed by atoms with Crippen molar-refractivity contribution in [1.82, 2.24) is 10.2 Å². The Morgan fingerprint density at radius 2 is 1.83 bits per heavy atom. The maximum absolute atomic E-state index is 12.2. The van der Waals surface area contributed by atoms with Crippen LogP contribution in [0.15, 0.2) is 24.3 Å². The van der Waals surface area contributed by atoms with Crippen LogP contribution in [-0.4, -0.2) is 35.8 Å². The van der Waals surface area contributed by atoms with Crippen molar-refractivity contribution in [2.75, 3.05) is 13.1 Å². The molecule has 126 valence electrons. The van der Waals surface area contributed by atoms with Gasteiger partial charge in [-0.1, -0.05) is 32.9 Å². The molecule has 4 heteroatoms. The lowest BCUT2D eigenvalue weighted by Gasteiger charge is -2.33. The fourth-order valence-corrected chi connectivity index (χ4v) is 2.95. The molecule has 0 bridgehead atoms. The largest absolute Gasteiger partial charge is 0.343 e. The van der Waals surface area contributed by atoms with Gasteiger partial charge >= 0.3 is 0 Å². The minimum absolute atomic E-state index is 0.0110. The number of likely N-dealkylation sites (tertiary alicyclic amines) is 1. The van der Waals surface area contributed by atoms with E-state index in [2.05, 4.69) is 33.0 Å². The Hall–Kier alpha value is -1.84. The number of nitrogens with zero attached hydrogens (tertiary/aromatic N) is 1. The molecule has 1 aliphatic heterocycles. The minimum Gasteiger partial charge on any atom is -0.343 e. The van der Waals surface area contributed by atoms with Crippen LogP contribution in [0.2, 0.25) is 0 Å². The van der Waals surface area contributed by atoms with Crippen molar-refractivity contribution >= 4 is 11.8 Å². The third-order valence-corrected chi connectivity index (χ3v) is 4.54. The average Bonchev–Trinajstić information content (AvgIpc) is 2.52. The van der Waals surface area contributed by atoms with E-state index in [9.17, 15) is 9.59 Å². The van der Waals surface area contributed by atoms with Crippen LogP contribution in [0, 0.1) is 0 Å². The van der Waals surface area contributed by atoms with Gasteiger partial charge in [0, 0.05) is 18.2 Å².